The first-order valence-electron chi connectivity index (χ1n) is 8.18. The number of rotatable bonds is 6. The molecule has 0 spiro atoms. The van der Waals surface area contributed by atoms with Gasteiger partial charge in [-0.3, -0.25) is 9.59 Å². The van der Waals surface area contributed by atoms with Crippen LogP contribution in [0.3, 0.4) is 0 Å². The van der Waals surface area contributed by atoms with Gasteiger partial charge in [-0.2, -0.15) is 13.2 Å². The molecule has 2 aromatic rings. The van der Waals surface area contributed by atoms with E-state index < -0.39 is 41.8 Å². The van der Waals surface area contributed by atoms with Crippen LogP contribution in [0.1, 0.15) is 28.4 Å². The van der Waals surface area contributed by atoms with Gasteiger partial charge >= 0.3 is 12.1 Å². The number of hydrogen-bond donors (Lipinski definition) is 1. The second-order valence-electron chi connectivity index (χ2n) is 5.86. The fourth-order valence-electron chi connectivity index (χ4n) is 2.23. The van der Waals surface area contributed by atoms with Crippen molar-refractivity contribution >= 4 is 29.4 Å². The topological polar surface area (TPSA) is 72.5 Å². The summed E-state index contributed by atoms with van der Waals surface area (Å²) in [4.78, 5) is 34.6. The second kappa shape index (κ2) is 9.13. The number of alkyl halides is 3. The maximum absolute atomic E-state index is 14.0. The Morgan fingerprint density at radius 3 is 2.28 bits per heavy atom. The fraction of sp³-hybridized carbons (Fsp3) is 0.150. The summed E-state index contributed by atoms with van der Waals surface area (Å²) < 4.78 is 56.1. The molecule has 0 saturated carbocycles. The number of benzene rings is 2. The van der Waals surface area contributed by atoms with Gasteiger partial charge < -0.3 is 10.1 Å². The minimum Gasteiger partial charge on any atom is -0.454 e. The monoisotopic (exact) mass is 409 g/mol. The number of carbonyl (C=O) groups is 3. The fourth-order valence-corrected chi connectivity index (χ4v) is 2.23. The van der Waals surface area contributed by atoms with Crippen LogP contribution in [-0.4, -0.2) is 24.3 Å². The van der Waals surface area contributed by atoms with E-state index in [9.17, 15) is 31.9 Å². The Balaban J connectivity index is 1.92. The molecule has 0 heterocycles. The molecule has 0 aromatic heterocycles. The van der Waals surface area contributed by atoms with E-state index >= 15 is 0 Å². The lowest BCUT2D eigenvalue weighted by Crippen LogP contribution is -2.14. The molecule has 0 aliphatic heterocycles. The van der Waals surface area contributed by atoms with Gasteiger partial charge in [0.2, 0.25) is 11.7 Å². The van der Waals surface area contributed by atoms with Crippen molar-refractivity contribution in [2.24, 2.45) is 0 Å². The van der Waals surface area contributed by atoms with E-state index in [1.807, 2.05) is 0 Å². The van der Waals surface area contributed by atoms with Crippen molar-refractivity contribution in [1.82, 2.24) is 0 Å². The highest BCUT2D eigenvalue weighted by Gasteiger charge is 2.29. The van der Waals surface area contributed by atoms with Crippen molar-refractivity contribution in [2.75, 3.05) is 11.9 Å². The highest BCUT2D eigenvalue weighted by Crippen LogP contribution is 2.29. The van der Waals surface area contributed by atoms with Gasteiger partial charge in [0.05, 0.1) is 11.1 Å². The van der Waals surface area contributed by atoms with Crippen LogP contribution in [0.5, 0.6) is 0 Å². The summed E-state index contributed by atoms with van der Waals surface area (Å²) in [6, 6.07) is 7.50. The Morgan fingerprint density at radius 1 is 1.07 bits per heavy atom. The van der Waals surface area contributed by atoms with Crippen LogP contribution in [-0.2, 0) is 20.5 Å². The van der Waals surface area contributed by atoms with E-state index in [4.69, 9.17) is 4.74 Å². The molecule has 0 bridgehead atoms. The third-order valence-corrected chi connectivity index (χ3v) is 3.59. The normalized spacial score (nSPS) is 11.3. The average Bonchev–Trinajstić information content (AvgIpc) is 2.63. The Kier molecular flexibility index (Phi) is 6.87. The van der Waals surface area contributed by atoms with E-state index in [1.165, 1.54) is 31.2 Å². The predicted octanol–water partition coefficient (Wildman–Crippen LogP) is 4.24. The number of Topliss-reactive ketones (excluding diaryl/α,β-unsaturated/α-hetero) is 1. The summed E-state index contributed by atoms with van der Waals surface area (Å²) in [6.07, 6.45) is -2.31. The molecule has 0 saturated heterocycles. The van der Waals surface area contributed by atoms with Crippen LogP contribution in [0.25, 0.3) is 6.08 Å². The summed E-state index contributed by atoms with van der Waals surface area (Å²) in [5, 5.41) is 2.36. The first kappa shape index (κ1) is 21.8. The zero-order chi connectivity index (χ0) is 21.6. The predicted molar refractivity (Wildman–Crippen MR) is 96.5 cm³/mol. The van der Waals surface area contributed by atoms with Crippen LogP contribution in [0.4, 0.5) is 23.2 Å². The molecular formula is C20H15F4NO4. The lowest BCUT2D eigenvalue weighted by Gasteiger charge is -2.06. The van der Waals surface area contributed by atoms with Gasteiger partial charge in [0, 0.05) is 18.7 Å². The standard InChI is InChI=1S/C20H15F4NO4/c1-12(26)25-15-7-8-16(17(21)10-15)18(27)11-29-19(28)9-4-13-2-5-14(6-3-13)20(22,23)24/h2-10H,11H2,1H3,(H,25,26)/b9-4+. The van der Waals surface area contributed by atoms with Crippen LogP contribution >= 0.6 is 0 Å². The summed E-state index contributed by atoms with van der Waals surface area (Å²) in [6.45, 7) is 0.515. The molecule has 0 fully saturated rings. The molecule has 9 heteroatoms. The lowest BCUT2D eigenvalue weighted by atomic mass is 10.1. The Hall–Kier alpha value is -3.49. The highest BCUT2D eigenvalue weighted by atomic mass is 19.4. The number of amides is 1. The molecule has 0 aliphatic rings. The van der Waals surface area contributed by atoms with Crippen molar-refractivity contribution < 1.29 is 36.7 Å². The first-order chi connectivity index (χ1) is 13.6. The molecule has 29 heavy (non-hydrogen) atoms. The molecule has 0 aliphatic carbocycles. The van der Waals surface area contributed by atoms with Crippen molar-refractivity contribution in [3.05, 3.63) is 71.0 Å². The molecular weight excluding hydrogens is 394 g/mol. The quantitative estimate of drug-likeness (QED) is 0.335. The van der Waals surface area contributed by atoms with E-state index in [2.05, 4.69) is 5.32 Å². The molecule has 2 rings (SSSR count). The van der Waals surface area contributed by atoms with Crippen molar-refractivity contribution in [3.8, 4) is 0 Å². The average molecular weight is 409 g/mol. The Labute approximate surface area is 163 Å². The van der Waals surface area contributed by atoms with Crippen molar-refractivity contribution in [2.45, 2.75) is 13.1 Å². The van der Waals surface area contributed by atoms with Crippen LogP contribution in [0.15, 0.2) is 48.5 Å². The third-order valence-electron chi connectivity index (χ3n) is 3.59. The number of anilines is 1. The molecule has 5 nitrogen and oxygen atoms in total. The summed E-state index contributed by atoms with van der Waals surface area (Å²) in [5.74, 6) is -3.02. The van der Waals surface area contributed by atoms with Gasteiger partial charge in [-0.25, -0.2) is 9.18 Å². The number of hydrogen-bond acceptors (Lipinski definition) is 4. The molecule has 152 valence electrons. The largest absolute Gasteiger partial charge is 0.454 e. The van der Waals surface area contributed by atoms with Crippen molar-refractivity contribution in [3.63, 3.8) is 0 Å². The molecule has 0 radical (unpaired) electrons. The minimum absolute atomic E-state index is 0.169. The van der Waals surface area contributed by atoms with Gasteiger partial charge in [0.1, 0.15) is 5.82 Å². The number of halogens is 4. The Morgan fingerprint density at radius 2 is 1.72 bits per heavy atom. The second-order valence-corrected chi connectivity index (χ2v) is 5.86. The van der Waals surface area contributed by atoms with E-state index in [0.717, 1.165) is 30.3 Å². The van der Waals surface area contributed by atoms with Gasteiger partial charge in [-0.15, -0.1) is 0 Å². The third kappa shape index (κ3) is 6.56. The van der Waals surface area contributed by atoms with E-state index in [1.54, 1.807) is 0 Å². The Bertz CT molecular complexity index is 950. The van der Waals surface area contributed by atoms with Crippen LogP contribution in [0, 0.1) is 5.82 Å². The number of carbonyl (C=O) groups excluding carboxylic acids is 3. The molecule has 2 aromatic carbocycles. The number of ether oxygens (including phenoxy) is 1. The number of nitrogens with one attached hydrogen (secondary N) is 1. The summed E-state index contributed by atoms with van der Waals surface area (Å²) >= 11 is 0. The first-order valence-corrected chi connectivity index (χ1v) is 8.18. The van der Waals surface area contributed by atoms with E-state index in [0.29, 0.717) is 5.56 Å². The number of esters is 1. The van der Waals surface area contributed by atoms with Gasteiger partial charge in [-0.1, -0.05) is 12.1 Å². The van der Waals surface area contributed by atoms with Gasteiger partial charge in [0.15, 0.2) is 6.61 Å². The SMILES string of the molecule is CC(=O)Nc1ccc(C(=O)COC(=O)/C=C/c2ccc(C(F)(F)F)cc2)c(F)c1. The smallest absolute Gasteiger partial charge is 0.416 e. The van der Waals surface area contributed by atoms with Crippen LogP contribution < -0.4 is 5.32 Å². The molecule has 0 atom stereocenters. The van der Waals surface area contributed by atoms with E-state index in [-0.39, 0.29) is 11.3 Å². The molecule has 0 unspecified atom stereocenters. The summed E-state index contributed by atoms with van der Waals surface area (Å²) in [5.41, 5.74) is -0.656. The number of ketones is 1. The lowest BCUT2D eigenvalue weighted by molar-refractivity contribution is -0.138. The van der Waals surface area contributed by atoms with Gasteiger partial charge in [-0.05, 0) is 42.0 Å². The van der Waals surface area contributed by atoms with Gasteiger partial charge in [0.25, 0.3) is 0 Å². The maximum atomic E-state index is 14.0. The zero-order valence-corrected chi connectivity index (χ0v) is 15.0. The molecule has 1 amide bonds. The van der Waals surface area contributed by atoms with Crippen LogP contribution in [0.2, 0.25) is 0 Å². The maximum Gasteiger partial charge on any atom is 0.416 e. The zero-order valence-electron chi connectivity index (χ0n) is 15.0. The minimum atomic E-state index is -4.46. The summed E-state index contributed by atoms with van der Waals surface area (Å²) in [7, 11) is 0. The molecule has 1 N–H and O–H groups in total. The van der Waals surface area contributed by atoms with Crippen molar-refractivity contribution in [1.29, 1.82) is 0 Å². The highest BCUT2D eigenvalue weighted by molar-refractivity contribution is 5.99.